The number of halogens is 4. The lowest BCUT2D eigenvalue weighted by Gasteiger charge is -2.35. The molecule has 228 valence electrons. The summed E-state index contributed by atoms with van der Waals surface area (Å²) in [5.74, 6) is 0.0567. The van der Waals surface area contributed by atoms with Crippen LogP contribution in [0.25, 0.3) is 16.9 Å². The first-order valence-corrected chi connectivity index (χ1v) is 13.8. The van der Waals surface area contributed by atoms with Crippen molar-refractivity contribution in [3.8, 4) is 11.3 Å². The summed E-state index contributed by atoms with van der Waals surface area (Å²) < 4.78 is 55.5. The van der Waals surface area contributed by atoms with E-state index in [1.54, 1.807) is 28.9 Å². The summed E-state index contributed by atoms with van der Waals surface area (Å²) in [5, 5.41) is 6.84. The summed E-state index contributed by atoms with van der Waals surface area (Å²) in [5.41, 5.74) is 7.61. The molecule has 2 amide bonds. The summed E-state index contributed by atoms with van der Waals surface area (Å²) in [6.07, 6.45) is 0.348. The number of anilines is 2. The fraction of sp³-hybridized carbons (Fsp3) is 0.393. The maximum Gasteiger partial charge on any atom is 0.282 e. The predicted octanol–water partition coefficient (Wildman–Crippen LogP) is 3.73. The predicted molar refractivity (Wildman–Crippen MR) is 150 cm³/mol. The van der Waals surface area contributed by atoms with Crippen LogP contribution in [0.3, 0.4) is 0 Å². The highest BCUT2D eigenvalue weighted by molar-refractivity contribution is 5.96. The highest BCUT2D eigenvalue weighted by Crippen LogP contribution is 2.32. The van der Waals surface area contributed by atoms with Crippen LogP contribution in [-0.4, -0.2) is 84.4 Å². The minimum atomic E-state index is -2.98. The summed E-state index contributed by atoms with van der Waals surface area (Å²) in [7, 11) is 0. The largest absolute Gasteiger partial charge is 0.338 e. The number of imidazole rings is 1. The molecule has 3 aromatic heterocycles. The van der Waals surface area contributed by atoms with Crippen LogP contribution in [0.2, 0.25) is 0 Å². The van der Waals surface area contributed by atoms with Crippen LogP contribution in [0.5, 0.6) is 0 Å². The number of benzene rings is 1. The van der Waals surface area contributed by atoms with Crippen molar-refractivity contribution in [2.24, 2.45) is 5.73 Å². The number of fused-ring (bicyclic) bond motifs is 1. The van der Waals surface area contributed by atoms with E-state index >= 15 is 0 Å². The summed E-state index contributed by atoms with van der Waals surface area (Å²) in [6.45, 7) is 4.41. The maximum atomic E-state index is 13.7. The zero-order chi connectivity index (χ0) is 30.8. The van der Waals surface area contributed by atoms with Gasteiger partial charge in [-0.3, -0.25) is 18.7 Å². The lowest BCUT2D eigenvalue weighted by atomic mass is 10.0. The normalized spacial score (nSPS) is 14.6. The molecule has 0 bridgehead atoms. The zero-order valence-electron chi connectivity index (χ0n) is 23.6. The second-order valence-electron chi connectivity index (χ2n) is 10.2. The average Bonchev–Trinajstić information content (AvgIpc) is 3.61. The van der Waals surface area contributed by atoms with Gasteiger partial charge < -0.3 is 20.9 Å². The van der Waals surface area contributed by atoms with Crippen LogP contribution >= 0.6 is 0 Å². The summed E-state index contributed by atoms with van der Waals surface area (Å²) in [6, 6.07) is 4.71. The van der Waals surface area contributed by atoms with E-state index in [4.69, 9.17) is 5.73 Å². The topological polar surface area (TPSA) is 127 Å². The Balaban J connectivity index is 1.37. The first kappa shape index (κ1) is 29.9. The van der Waals surface area contributed by atoms with Crippen molar-refractivity contribution < 1.29 is 27.2 Å². The number of nitrogens with one attached hydrogen (secondary N) is 1. The number of nitrogens with zero attached hydrogens (tertiary/aromatic N) is 7. The lowest BCUT2D eigenvalue weighted by Crippen LogP contribution is -2.53. The monoisotopic (exact) mass is 601 g/mol. The fourth-order valence-electron chi connectivity index (χ4n) is 5.13. The average molecular weight is 602 g/mol. The van der Waals surface area contributed by atoms with Crippen LogP contribution in [0, 0.1) is 0 Å². The minimum absolute atomic E-state index is 0.0147. The number of aromatic nitrogens is 5. The van der Waals surface area contributed by atoms with Gasteiger partial charge in [-0.1, -0.05) is 6.92 Å². The van der Waals surface area contributed by atoms with E-state index in [-0.39, 0.29) is 23.1 Å². The van der Waals surface area contributed by atoms with E-state index in [1.807, 2.05) is 13.0 Å². The Morgan fingerprint density at radius 1 is 1.07 bits per heavy atom. The molecular formula is C28H31F4N9O2. The molecule has 3 N–H and O–H groups in total. The molecule has 1 aliphatic rings. The molecule has 1 fully saturated rings. The second-order valence-corrected chi connectivity index (χ2v) is 10.2. The molecular weight excluding hydrogens is 570 g/mol. The molecule has 1 aromatic carbocycles. The number of rotatable bonds is 9. The van der Waals surface area contributed by atoms with Crippen molar-refractivity contribution >= 4 is 29.0 Å². The molecule has 0 radical (unpaired) electrons. The Labute approximate surface area is 244 Å². The second kappa shape index (κ2) is 12.4. The number of hydrogen-bond acceptors (Lipinski definition) is 7. The first-order valence-electron chi connectivity index (χ1n) is 13.8. The summed E-state index contributed by atoms with van der Waals surface area (Å²) >= 11 is 0. The third-order valence-electron chi connectivity index (χ3n) is 7.27. The third-order valence-corrected chi connectivity index (χ3v) is 7.27. The van der Waals surface area contributed by atoms with Crippen molar-refractivity contribution in [3.63, 3.8) is 0 Å². The molecule has 0 unspecified atom stereocenters. The van der Waals surface area contributed by atoms with Gasteiger partial charge in [0.15, 0.2) is 11.5 Å². The van der Waals surface area contributed by atoms with Gasteiger partial charge in [0, 0.05) is 61.6 Å². The molecule has 5 rings (SSSR count). The molecule has 1 atom stereocenters. The fourth-order valence-corrected chi connectivity index (χ4v) is 5.13. The van der Waals surface area contributed by atoms with Gasteiger partial charge in [-0.2, -0.15) is 5.10 Å². The number of alkyl halides is 4. The van der Waals surface area contributed by atoms with Gasteiger partial charge >= 0.3 is 0 Å². The van der Waals surface area contributed by atoms with Gasteiger partial charge in [0.25, 0.3) is 18.8 Å². The Morgan fingerprint density at radius 3 is 2.44 bits per heavy atom. The molecule has 4 aromatic rings. The summed E-state index contributed by atoms with van der Waals surface area (Å²) in [4.78, 5) is 37.6. The Kier molecular flexibility index (Phi) is 8.62. The number of carbonyl (C=O) groups is 2. The van der Waals surface area contributed by atoms with Crippen molar-refractivity contribution in [1.82, 2.24) is 33.9 Å². The molecule has 43 heavy (non-hydrogen) atoms. The van der Waals surface area contributed by atoms with Crippen molar-refractivity contribution in [3.05, 3.63) is 59.8 Å². The molecule has 0 spiro atoms. The number of carbonyl (C=O) groups excluding carboxylic acids is 2. The quantitative estimate of drug-likeness (QED) is 0.280. The van der Waals surface area contributed by atoms with Crippen LogP contribution in [0.4, 0.5) is 29.1 Å². The van der Waals surface area contributed by atoms with Gasteiger partial charge in [0.2, 0.25) is 5.91 Å². The van der Waals surface area contributed by atoms with Crippen LogP contribution in [0.15, 0.2) is 43.0 Å². The molecule has 4 heterocycles. The van der Waals surface area contributed by atoms with Gasteiger partial charge in [-0.15, -0.1) is 0 Å². The number of amides is 2. The Morgan fingerprint density at radius 2 is 1.79 bits per heavy atom. The molecule has 1 aliphatic heterocycles. The molecule has 0 saturated carbocycles. The van der Waals surface area contributed by atoms with Gasteiger partial charge in [0.05, 0.1) is 17.9 Å². The van der Waals surface area contributed by atoms with E-state index < -0.39 is 31.1 Å². The maximum absolute atomic E-state index is 13.7. The molecule has 0 aliphatic carbocycles. The van der Waals surface area contributed by atoms with Crippen molar-refractivity contribution in [2.45, 2.75) is 45.7 Å². The van der Waals surface area contributed by atoms with Gasteiger partial charge in [-0.25, -0.2) is 27.5 Å². The van der Waals surface area contributed by atoms with Crippen molar-refractivity contribution in [1.29, 1.82) is 0 Å². The Bertz CT molecular complexity index is 1630. The van der Waals surface area contributed by atoms with Gasteiger partial charge in [0.1, 0.15) is 12.2 Å². The van der Waals surface area contributed by atoms with Gasteiger partial charge in [-0.05, 0) is 37.1 Å². The Hall–Kier alpha value is -4.53. The van der Waals surface area contributed by atoms with Crippen LogP contribution < -0.4 is 11.1 Å². The minimum Gasteiger partial charge on any atom is -0.338 e. The van der Waals surface area contributed by atoms with Crippen molar-refractivity contribution in [2.75, 3.05) is 31.5 Å². The van der Waals surface area contributed by atoms with Crippen LogP contribution in [0.1, 0.15) is 41.9 Å². The highest BCUT2D eigenvalue weighted by Gasteiger charge is 2.27. The molecule has 11 nitrogen and oxygen atoms in total. The molecule has 15 heteroatoms. The van der Waals surface area contributed by atoms with E-state index in [0.717, 1.165) is 16.4 Å². The number of hydrogen-bond donors (Lipinski definition) is 2. The smallest absolute Gasteiger partial charge is 0.282 e. The SMILES string of the molecule is CCc1cc(Nc2nccn3c(-c4cn(CC(F)F)nc4C(F)F)cnc23)ccc1C(=O)N1CCN(C(=O)[C@@H](C)N)CC1. The standard InChI is InChI=1S/C28H31F4N9O2/c1-3-17-12-18(4-5-19(17)28(43)39-10-8-38(9-11-39)27(42)16(2)33)36-25-26-35-13-21(41(26)7-6-34-25)20-14-40(15-22(29)30)37-23(20)24(31)32/h4-7,12-14,16,22,24H,3,8-11,15,33H2,1-2H3,(H,34,36)/t16-/m1/s1. The third kappa shape index (κ3) is 6.16. The number of nitrogens with two attached hydrogens (primary N) is 1. The number of piperazine rings is 1. The van der Waals surface area contributed by atoms with E-state index in [0.29, 0.717) is 55.3 Å². The highest BCUT2D eigenvalue weighted by atomic mass is 19.3. The van der Waals surface area contributed by atoms with E-state index in [2.05, 4.69) is 20.4 Å². The zero-order valence-corrected chi connectivity index (χ0v) is 23.6. The first-order chi connectivity index (χ1) is 20.6. The van der Waals surface area contributed by atoms with Crippen LogP contribution in [-0.2, 0) is 17.8 Å². The lowest BCUT2D eigenvalue weighted by molar-refractivity contribution is -0.133. The van der Waals surface area contributed by atoms with E-state index in [9.17, 15) is 27.2 Å². The molecule has 1 saturated heterocycles. The number of aryl methyl sites for hydroxylation is 1. The van der Waals surface area contributed by atoms with E-state index in [1.165, 1.54) is 23.0 Å².